The van der Waals surface area contributed by atoms with Crippen LogP contribution in [-0.4, -0.2) is 27.0 Å². The highest BCUT2D eigenvalue weighted by Gasteiger charge is 2.14. The van der Waals surface area contributed by atoms with Crippen molar-refractivity contribution >= 4 is 5.91 Å². The summed E-state index contributed by atoms with van der Waals surface area (Å²) in [5.41, 5.74) is 2.69. The van der Waals surface area contributed by atoms with E-state index >= 15 is 0 Å². The topological polar surface area (TPSA) is 69.0 Å². The molecule has 2 aromatic heterocycles. The van der Waals surface area contributed by atoms with Gasteiger partial charge in [-0.15, -0.1) is 0 Å². The van der Waals surface area contributed by atoms with Gasteiger partial charge in [0.1, 0.15) is 17.4 Å². The summed E-state index contributed by atoms with van der Waals surface area (Å²) in [5, 5.41) is 2.93. The van der Waals surface area contributed by atoms with Crippen LogP contribution < -0.4 is 10.1 Å². The Balaban J connectivity index is 1.41. The number of carbonyl (C=O) groups excluding carboxylic acids is 1. The van der Waals surface area contributed by atoms with Crippen molar-refractivity contribution in [1.29, 1.82) is 0 Å². The molecule has 0 bridgehead atoms. The van der Waals surface area contributed by atoms with Crippen LogP contribution in [0.4, 0.5) is 0 Å². The number of benzene rings is 1. The minimum atomic E-state index is -0.0933. The lowest BCUT2D eigenvalue weighted by Gasteiger charge is -2.08. The van der Waals surface area contributed by atoms with Gasteiger partial charge in [-0.25, -0.2) is 9.97 Å². The average Bonchev–Trinajstić information content (AvgIpc) is 3.28. The van der Waals surface area contributed by atoms with Gasteiger partial charge in [0.25, 0.3) is 5.91 Å². The molecular formula is C19H18N4O2. The largest absolute Gasteiger partial charge is 0.493 e. The number of amides is 1. The summed E-state index contributed by atoms with van der Waals surface area (Å²) in [6.45, 7) is 3.05. The molecule has 1 amide bonds. The van der Waals surface area contributed by atoms with Gasteiger partial charge in [0, 0.05) is 37.1 Å². The number of imidazole rings is 1. The van der Waals surface area contributed by atoms with Crippen LogP contribution >= 0.6 is 0 Å². The van der Waals surface area contributed by atoms with E-state index in [1.807, 2.05) is 42.0 Å². The van der Waals surface area contributed by atoms with E-state index in [-0.39, 0.29) is 5.91 Å². The molecular weight excluding hydrogens is 316 g/mol. The highest BCUT2D eigenvalue weighted by molar-refractivity contribution is 5.94. The Hall–Kier alpha value is -3.15. The van der Waals surface area contributed by atoms with Crippen molar-refractivity contribution in [2.75, 3.05) is 6.61 Å². The van der Waals surface area contributed by atoms with E-state index in [1.54, 1.807) is 18.5 Å². The fourth-order valence-electron chi connectivity index (χ4n) is 2.90. The van der Waals surface area contributed by atoms with E-state index in [4.69, 9.17) is 4.74 Å². The standard InChI is InChI=1S/C19H18N4O2/c1-13-20-7-8-23(13)18-5-2-14(11-21-18)12-22-19(24)16-3-4-17-15(10-16)6-9-25-17/h2-5,7-8,10-11H,6,9,12H2,1H3,(H,22,24). The van der Waals surface area contributed by atoms with Crippen LogP contribution in [0.25, 0.3) is 5.82 Å². The molecule has 6 heteroatoms. The third-order valence-electron chi connectivity index (χ3n) is 4.29. The van der Waals surface area contributed by atoms with Crippen molar-refractivity contribution in [2.45, 2.75) is 19.9 Å². The third-order valence-corrected chi connectivity index (χ3v) is 4.29. The quantitative estimate of drug-likeness (QED) is 0.796. The molecule has 0 aliphatic carbocycles. The van der Waals surface area contributed by atoms with E-state index in [2.05, 4.69) is 15.3 Å². The Bertz CT molecular complexity index is 915. The minimum absolute atomic E-state index is 0.0933. The fourth-order valence-corrected chi connectivity index (χ4v) is 2.90. The van der Waals surface area contributed by atoms with Gasteiger partial charge in [0.05, 0.1) is 6.61 Å². The SMILES string of the molecule is Cc1nccn1-c1ccc(CNC(=O)c2ccc3c(c2)CCO3)cn1. The van der Waals surface area contributed by atoms with Gasteiger partial charge < -0.3 is 10.1 Å². The zero-order valence-corrected chi connectivity index (χ0v) is 13.9. The number of fused-ring (bicyclic) bond motifs is 1. The Morgan fingerprint density at radius 2 is 2.20 bits per heavy atom. The van der Waals surface area contributed by atoms with Crippen LogP contribution in [-0.2, 0) is 13.0 Å². The van der Waals surface area contributed by atoms with Gasteiger partial charge in [0.2, 0.25) is 0 Å². The Morgan fingerprint density at radius 3 is 2.96 bits per heavy atom. The summed E-state index contributed by atoms with van der Waals surface area (Å²) in [6.07, 6.45) is 6.24. The Morgan fingerprint density at radius 1 is 1.28 bits per heavy atom. The molecule has 0 radical (unpaired) electrons. The molecule has 0 saturated carbocycles. The maximum absolute atomic E-state index is 12.3. The second kappa shape index (κ2) is 6.39. The zero-order valence-electron chi connectivity index (χ0n) is 13.9. The number of ether oxygens (including phenoxy) is 1. The van der Waals surface area contributed by atoms with E-state index in [9.17, 15) is 4.79 Å². The van der Waals surface area contributed by atoms with Crippen molar-refractivity contribution in [3.63, 3.8) is 0 Å². The predicted molar refractivity (Wildman–Crippen MR) is 92.9 cm³/mol. The van der Waals surface area contributed by atoms with E-state index in [0.29, 0.717) is 18.7 Å². The van der Waals surface area contributed by atoms with Crippen LogP contribution in [0.2, 0.25) is 0 Å². The summed E-state index contributed by atoms with van der Waals surface area (Å²) >= 11 is 0. The number of carbonyl (C=O) groups is 1. The molecule has 0 fully saturated rings. The number of rotatable bonds is 4. The van der Waals surface area contributed by atoms with Gasteiger partial charge in [-0.3, -0.25) is 9.36 Å². The fraction of sp³-hybridized carbons (Fsp3) is 0.211. The molecule has 1 aromatic carbocycles. The monoisotopic (exact) mass is 334 g/mol. The smallest absolute Gasteiger partial charge is 0.251 e. The summed E-state index contributed by atoms with van der Waals surface area (Å²) in [5.74, 6) is 2.48. The first-order valence-electron chi connectivity index (χ1n) is 8.20. The Kier molecular flexibility index (Phi) is 3.93. The van der Waals surface area contributed by atoms with Crippen LogP contribution in [0.3, 0.4) is 0 Å². The van der Waals surface area contributed by atoms with Crippen LogP contribution in [0.5, 0.6) is 5.75 Å². The molecule has 1 aliphatic rings. The summed E-state index contributed by atoms with van der Waals surface area (Å²) in [7, 11) is 0. The number of hydrogen-bond acceptors (Lipinski definition) is 4. The third kappa shape index (κ3) is 3.10. The first-order chi connectivity index (χ1) is 12.2. The molecule has 1 N–H and O–H groups in total. The zero-order chi connectivity index (χ0) is 17.2. The summed E-state index contributed by atoms with van der Waals surface area (Å²) in [4.78, 5) is 21.0. The molecule has 126 valence electrons. The number of hydrogen-bond donors (Lipinski definition) is 1. The second-order valence-electron chi connectivity index (χ2n) is 5.97. The van der Waals surface area contributed by atoms with Crippen LogP contribution in [0.1, 0.15) is 27.3 Å². The molecule has 3 aromatic rings. The number of aromatic nitrogens is 3. The normalized spacial score (nSPS) is 12.5. The molecule has 4 rings (SSSR count). The number of nitrogens with one attached hydrogen (secondary N) is 1. The molecule has 0 saturated heterocycles. The predicted octanol–water partition coefficient (Wildman–Crippen LogP) is 2.44. The lowest BCUT2D eigenvalue weighted by atomic mass is 10.1. The average molecular weight is 334 g/mol. The highest BCUT2D eigenvalue weighted by atomic mass is 16.5. The number of nitrogens with zero attached hydrogens (tertiary/aromatic N) is 3. The molecule has 25 heavy (non-hydrogen) atoms. The summed E-state index contributed by atoms with van der Waals surface area (Å²) in [6, 6.07) is 9.44. The van der Waals surface area contributed by atoms with Crippen LogP contribution in [0.15, 0.2) is 48.9 Å². The number of aryl methyl sites for hydroxylation is 1. The lowest BCUT2D eigenvalue weighted by Crippen LogP contribution is -2.23. The first-order valence-corrected chi connectivity index (χ1v) is 8.20. The van der Waals surface area contributed by atoms with Gasteiger partial charge >= 0.3 is 0 Å². The highest BCUT2D eigenvalue weighted by Crippen LogP contribution is 2.25. The van der Waals surface area contributed by atoms with Crippen molar-refractivity contribution in [2.24, 2.45) is 0 Å². The number of pyridine rings is 1. The first kappa shape index (κ1) is 15.4. The molecule has 0 spiro atoms. The van der Waals surface area contributed by atoms with Crippen molar-refractivity contribution < 1.29 is 9.53 Å². The van der Waals surface area contributed by atoms with Gasteiger partial charge in [-0.05, 0) is 42.3 Å². The van der Waals surface area contributed by atoms with Crippen LogP contribution in [0, 0.1) is 6.92 Å². The van der Waals surface area contributed by atoms with Gasteiger partial charge in [-0.1, -0.05) is 6.07 Å². The van der Waals surface area contributed by atoms with Gasteiger partial charge in [-0.2, -0.15) is 0 Å². The van der Waals surface area contributed by atoms with E-state index < -0.39 is 0 Å². The molecule has 6 nitrogen and oxygen atoms in total. The lowest BCUT2D eigenvalue weighted by molar-refractivity contribution is 0.0951. The molecule has 0 atom stereocenters. The Labute approximate surface area is 145 Å². The molecule has 1 aliphatic heterocycles. The van der Waals surface area contributed by atoms with Gasteiger partial charge in [0.15, 0.2) is 0 Å². The van der Waals surface area contributed by atoms with E-state index in [1.165, 1.54) is 0 Å². The van der Waals surface area contributed by atoms with Crippen molar-refractivity contribution in [1.82, 2.24) is 19.9 Å². The minimum Gasteiger partial charge on any atom is -0.493 e. The van der Waals surface area contributed by atoms with Crippen molar-refractivity contribution in [3.05, 3.63) is 71.4 Å². The maximum Gasteiger partial charge on any atom is 0.251 e. The molecule has 3 heterocycles. The van der Waals surface area contributed by atoms with E-state index in [0.717, 1.165) is 34.9 Å². The maximum atomic E-state index is 12.3. The molecule has 0 unspecified atom stereocenters. The second-order valence-corrected chi connectivity index (χ2v) is 5.97. The summed E-state index contributed by atoms with van der Waals surface area (Å²) < 4.78 is 7.38. The van der Waals surface area contributed by atoms with Crippen molar-refractivity contribution in [3.8, 4) is 11.6 Å².